The zero-order chi connectivity index (χ0) is 12.3. The standard InChI is InChI=1S/C13H27N3/c1-10(2)7-11(3)16(4)9-13(5-6-13)8-12(14)15/h10-11H,5-9H2,1-4H3,(H3,14,15). The van der Waals surface area contributed by atoms with Crippen LogP contribution in [0.5, 0.6) is 0 Å². The minimum Gasteiger partial charge on any atom is -0.388 e. The fourth-order valence-corrected chi connectivity index (χ4v) is 2.52. The SMILES string of the molecule is CC(C)CC(C)N(C)CC1(CC(=N)N)CC1. The summed E-state index contributed by atoms with van der Waals surface area (Å²) in [5, 5.41) is 7.41. The van der Waals surface area contributed by atoms with Crippen molar-refractivity contribution in [3.05, 3.63) is 0 Å². The van der Waals surface area contributed by atoms with Gasteiger partial charge in [-0.05, 0) is 44.6 Å². The molecular formula is C13H27N3. The van der Waals surface area contributed by atoms with Gasteiger partial charge in [0.1, 0.15) is 0 Å². The molecule has 3 N–H and O–H groups in total. The Bertz CT molecular complexity index is 244. The van der Waals surface area contributed by atoms with Crippen LogP contribution in [0.15, 0.2) is 0 Å². The zero-order valence-corrected chi connectivity index (χ0v) is 11.2. The second kappa shape index (κ2) is 5.17. The average molecular weight is 225 g/mol. The Morgan fingerprint density at radius 1 is 1.38 bits per heavy atom. The van der Waals surface area contributed by atoms with Gasteiger partial charge in [0.2, 0.25) is 0 Å². The van der Waals surface area contributed by atoms with Crippen LogP contribution in [0.3, 0.4) is 0 Å². The molecule has 1 saturated carbocycles. The molecule has 1 rings (SSSR count). The number of hydrogen-bond acceptors (Lipinski definition) is 2. The van der Waals surface area contributed by atoms with E-state index in [1.165, 1.54) is 19.3 Å². The zero-order valence-electron chi connectivity index (χ0n) is 11.2. The molecule has 1 fully saturated rings. The van der Waals surface area contributed by atoms with Crippen LogP contribution in [0.1, 0.15) is 46.5 Å². The van der Waals surface area contributed by atoms with Crippen molar-refractivity contribution in [2.45, 2.75) is 52.5 Å². The minimum atomic E-state index is 0.339. The van der Waals surface area contributed by atoms with Crippen molar-refractivity contribution < 1.29 is 0 Å². The van der Waals surface area contributed by atoms with E-state index >= 15 is 0 Å². The lowest BCUT2D eigenvalue weighted by Gasteiger charge is -2.30. The molecule has 3 nitrogen and oxygen atoms in total. The van der Waals surface area contributed by atoms with Gasteiger partial charge in [0.25, 0.3) is 0 Å². The Hall–Kier alpha value is -0.570. The van der Waals surface area contributed by atoms with E-state index in [2.05, 4.69) is 32.7 Å². The van der Waals surface area contributed by atoms with Crippen molar-refractivity contribution in [3.63, 3.8) is 0 Å². The van der Waals surface area contributed by atoms with E-state index in [0.717, 1.165) is 18.9 Å². The summed E-state index contributed by atoms with van der Waals surface area (Å²) in [5.41, 5.74) is 5.86. The first-order valence-corrected chi connectivity index (χ1v) is 6.38. The maximum absolute atomic E-state index is 7.41. The van der Waals surface area contributed by atoms with Gasteiger partial charge < -0.3 is 10.6 Å². The summed E-state index contributed by atoms with van der Waals surface area (Å²) >= 11 is 0. The molecule has 0 saturated heterocycles. The Balaban J connectivity index is 2.38. The molecule has 1 atom stereocenters. The molecule has 0 aromatic carbocycles. The van der Waals surface area contributed by atoms with Crippen LogP contribution < -0.4 is 5.73 Å². The first-order chi connectivity index (χ1) is 7.34. The summed E-state index contributed by atoms with van der Waals surface area (Å²) in [6.07, 6.45) is 4.51. The summed E-state index contributed by atoms with van der Waals surface area (Å²) in [5.74, 6) is 1.10. The Morgan fingerprint density at radius 3 is 2.31 bits per heavy atom. The summed E-state index contributed by atoms with van der Waals surface area (Å²) in [7, 11) is 2.20. The van der Waals surface area contributed by atoms with Crippen molar-refractivity contribution in [2.75, 3.05) is 13.6 Å². The molecule has 0 spiro atoms. The summed E-state index contributed by atoms with van der Waals surface area (Å²) in [4.78, 5) is 2.44. The highest BCUT2D eigenvalue weighted by Gasteiger charge is 2.44. The highest BCUT2D eigenvalue weighted by Crippen LogP contribution is 2.49. The number of nitrogens with two attached hydrogens (primary N) is 1. The molecule has 0 heterocycles. The van der Waals surface area contributed by atoms with Gasteiger partial charge in [-0.2, -0.15) is 0 Å². The van der Waals surface area contributed by atoms with E-state index in [1.54, 1.807) is 0 Å². The molecule has 0 radical (unpaired) electrons. The lowest BCUT2D eigenvalue weighted by atomic mass is 9.98. The van der Waals surface area contributed by atoms with E-state index < -0.39 is 0 Å². The number of amidine groups is 1. The topological polar surface area (TPSA) is 53.1 Å². The second-order valence-electron chi connectivity index (χ2n) is 6.10. The highest BCUT2D eigenvalue weighted by molar-refractivity contribution is 5.78. The molecule has 1 unspecified atom stereocenters. The predicted molar refractivity (Wildman–Crippen MR) is 69.7 cm³/mol. The number of hydrogen-bond donors (Lipinski definition) is 2. The van der Waals surface area contributed by atoms with Crippen molar-refractivity contribution in [1.82, 2.24) is 4.90 Å². The molecular weight excluding hydrogens is 198 g/mol. The van der Waals surface area contributed by atoms with Crippen molar-refractivity contribution in [3.8, 4) is 0 Å². The van der Waals surface area contributed by atoms with E-state index in [4.69, 9.17) is 11.1 Å². The van der Waals surface area contributed by atoms with Gasteiger partial charge in [0, 0.05) is 19.0 Å². The monoisotopic (exact) mass is 225 g/mol. The fraction of sp³-hybridized carbons (Fsp3) is 0.923. The number of nitrogens with zero attached hydrogens (tertiary/aromatic N) is 1. The molecule has 0 aromatic rings. The molecule has 0 aliphatic heterocycles. The van der Waals surface area contributed by atoms with Crippen LogP contribution in [-0.4, -0.2) is 30.4 Å². The van der Waals surface area contributed by atoms with Crippen LogP contribution in [0.25, 0.3) is 0 Å². The molecule has 0 aromatic heterocycles. The van der Waals surface area contributed by atoms with E-state index in [9.17, 15) is 0 Å². The van der Waals surface area contributed by atoms with E-state index in [-0.39, 0.29) is 0 Å². The van der Waals surface area contributed by atoms with Crippen LogP contribution in [0, 0.1) is 16.7 Å². The average Bonchev–Trinajstić information content (AvgIpc) is 2.81. The van der Waals surface area contributed by atoms with Crippen molar-refractivity contribution in [2.24, 2.45) is 17.1 Å². The van der Waals surface area contributed by atoms with E-state index in [0.29, 0.717) is 17.3 Å². The summed E-state index contributed by atoms with van der Waals surface area (Å²) in [6, 6.07) is 0.629. The quantitative estimate of drug-likeness (QED) is 0.516. The Morgan fingerprint density at radius 2 is 1.94 bits per heavy atom. The molecule has 94 valence electrons. The third kappa shape index (κ3) is 4.12. The predicted octanol–water partition coefficient (Wildman–Crippen LogP) is 2.46. The highest BCUT2D eigenvalue weighted by atomic mass is 15.1. The van der Waals surface area contributed by atoms with Crippen LogP contribution in [0.4, 0.5) is 0 Å². The lowest BCUT2D eigenvalue weighted by Crippen LogP contribution is -2.36. The minimum absolute atomic E-state index is 0.339. The van der Waals surface area contributed by atoms with Gasteiger partial charge in [-0.3, -0.25) is 5.41 Å². The first-order valence-electron chi connectivity index (χ1n) is 6.38. The van der Waals surface area contributed by atoms with E-state index in [1.807, 2.05) is 0 Å². The lowest BCUT2D eigenvalue weighted by molar-refractivity contribution is 0.189. The van der Waals surface area contributed by atoms with Gasteiger partial charge >= 0.3 is 0 Å². The molecule has 3 heteroatoms. The second-order valence-corrected chi connectivity index (χ2v) is 6.10. The molecule has 0 amide bonds. The van der Waals surface area contributed by atoms with Crippen LogP contribution >= 0.6 is 0 Å². The first kappa shape index (κ1) is 13.5. The largest absolute Gasteiger partial charge is 0.388 e. The van der Waals surface area contributed by atoms with Crippen molar-refractivity contribution in [1.29, 1.82) is 5.41 Å². The number of rotatable bonds is 7. The van der Waals surface area contributed by atoms with Gasteiger partial charge in [0.15, 0.2) is 0 Å². The van der Waals surface area contributed by atoms with Crippen LogP contribution in [-0.2, 0) is 0 Å². The van der Waals surface area contributed by atoms with Gasteiger partial charge in [-0.15, -0.1) is 0 Å². The fourth-order valence-electron chi connectivity index (χ4n) is 2.52. The van der Waals surface area contributed by atoms with Gasteiger partial charge in [-0.25, -0.2) is 0 Å². The van der Waals surface area contributed by atoms with Crippen LogP contribution in [0.2, 0.25) is 0 Å². The van der Waals surface area contributed by atoms with Crippen molar-refractivity contribution >= 4 is 5.84 Å². The molecule has 16 heavy (non-hydrogen) atoms. The third-order valence-corrected chi connectivity index (χ3v) is 3.67. The molecule has 1 aliphatic rings. The molecule has 0 bridgehead atoms. The van der Waals surface area contributed by atoms with Gasteiger partial charge in [-0.1, -0.05) is 13.8 Å². The van der Waals surface area contributed by atoms with Gasteiger partial charge in [0.05, 0.1) is 5.84 Å². The maximum atomic E-state index is 7.41. The Kier molecular flexibility index (Phi) is 4.36. The third-order valence-electron chi connectivity index (χ3n) is 3.67. The Labute approximate surface area is 99.9 Å². The smallest absolute Gasteiger partial charge is 0.0911 e. The summed E-state index contributed by atoms with van der Waals surface area (Å²) in [6.45, 7) is 7.93. The maximum Gasteiger partial charge on any atom is 0.0911 e. The summed E-state index contributed by atoms with van der Waals surface area (Å²) < 4.78 is 0. The normalized spacial score (nSPS) is 20.1. The number of nitrogens with one attached hydrogen (secondary N) is 1. The molecule has 1 aliphatic carbocycles.